The topological polar surface area (TPSA) is 38.7 Å². The molecule has 0 radical (unpaired) electrons. The zero-order valence-electron chi connectivity index (χ0n) is 17.2. The molecule has 2 unspecified atom stereocenters. The first-order valence-corrected chi connectivity index (χ1v) is 9.95. The monoisotopic (exact) mass is 443 g/mol. The molecular formula is C25H21F4NO2. The van der Waals surface area contributed by atoms with Crippen molar-refractivity contribution in [2.75, 3.05) is 6.61 Å². The second-order valence-corrected chi connectivity index (χ2v) is 6.94. The van der Waals surface area contributed by atoms with Crippen LogP contribution in [-0.2, 0) is 15.1 Å². The van der Waals surface area contributed by atoms with Gasteiger partial charge in [-0.15, -0.1) is 0 Å². The van der Waals surface area contributed by atoms with Crippen LogP contribution in [0, 0.1) is 5.82 Å². The molecule has 0 bridgehead atoms. The van der Waals surface area contributed by atoms with Crippen LogP contribution >= 0.6 is 0 Å². The molecule has 0 spiro atoms. The number of hydrogen-bond acceptors (Lipinski definition) is 3. The zero-order chi connectivity index (χ0) is 23.1. The van der Waals surface area contributed by atoms with Gasteiger partial charge < -0.3 is 4.74 Å². The first-order valence-electron chi connectivity index (χ1n) is 9.95. The molecule has 0 aliphatic heterocycles. The summed E-state index contributed by atoms with van der Waals surface area (Å²) in [7, 11) is 0. The van der Waals surface area contributed by atoms with Gasteiger partial charge in [0, 0.05) is 11.1 Å². The highest BCUT2D eigenvalue weighted by Crippen LogP contribution is 2.40. The third-order valence-electron chi connectivity index (χ3n) is 4.91. The highest BCUT2D eigenvalue weighted by atomic mass is 19.3. The summed E-state index contributed by atoms with van der Waals surface area (Å²) >= 11 is 0. The Hall–Kier alpha value is -3.48. The Morgan fingerprint density at radius 3 is 1.81 bits per heavy atom. The van der Waals surface area contributed by atoms with Gasteiger partial charge in [-0.2, -0.15) is 0 Å². The Labute approximate surface area is 183 Å². The second kappa shape index (κ2) is 10.2. The molecular weight excluding hydrogens is 422 g/mol. The van der Waals surface area contributed by atoms with Gasteiger partial charge in [-0.05, 0) is 24.6 Å². The minimum absolute atomic E-state index is 0.0581. The molecule has 3 aromatic rings. The maximum absolute atomic E-state index is 15.6. The first kappa shape index (κ1) is 23.2. The molecule has 0 heterocycles. The molecule has 3 nitrogen and oxygen atoms in total. The zero-order valence-corrected chi connectivity index (χ0v) is 17.2. The number of ether oxygens (including phenoxy) is 1. The highest BCUT2D eigenvalue weighted by molar-refractivity contribution is 6.13. The van der Waals surface area contributed by atoms with Crippen molar-refractivity contribution >= 4 is 11.7 Å². The summed E-state index contributed by atoms with van der Waals surface area (Å²) in [5.74, 6) is -2.17. The van der Waals surface area contributed by atoms with Crippen LogP contribution in [0.2, 0.25) is 0 Å². The van der Waals surface area contributed by atoms with E-state index in [-0.39, 0.29) is 17.9 Å². The van der Waals surface area contributed by atoms with Gasteiger partial charge in [0.15, 0.2) is 5.54 Å². The van der Waals surface area contributed by atoms with E-state index >= 15 is 4.39 Å². The van der Waals surface area contributed by atoms with Crippen LogP contribution in [0.5, 0.6) is 0 Å². The van der Waals surface area contributed by atoms with Crippen molar-refractivity contribution < 1.29 is 27.1 Å². The largest absolute Gasteiger partial charge is 0.464 e. The van der Waals surface area contributed by atoms with Crippen molar-refractivity contribution in [2.24, 2.45) is 4.99 Å². The van der Waals surface area contributed by atoms with E-state index in [1.807, 2.05) is 0 Å². The van der Waals surface area contributed by atoms with E-state index in [4.69, 9.17) is 4.74 Å². The number of alkyl halides is 3. The number of carbonyl (C=O) groups is 1. The average Bonchev–Trinajstić information content (AvgIpc) is 2.81. The maximum Gasteiger partial charge on any atom is 0.343 e. The predicted octanol–water partition coefficient (Wildman–Crippen LogP) is 5.72. The molecule has 0 aliphatic rings. The van der Waals surface area contributed by atoms with Crippen LogP contribution in [0.4, 0.5) is 17.6 Å². The third-order valence-corrected chi connectivity index (χ3v) is 4.91. The van der Waals surface area contributed by atoms with Crippen molar-refractivity contribution in [2.45, 2.75) is 25.1 Å². The number of esters is 1. The first-order chi connectivity index (χ1) is 15.4. The van der Waals surface area contributed by atoms with Crippen LogP contribution in [0.3, 0.4) is 0 Å². The molecule has 0 amide bonds. The van der Waals surface area contributed by atoms with Crippen LogP contribution in [0.1, 0.15) is 23.6 Å². The van der Waals surface area contributed by atoms with E-state index in [1.54, 1.807) is 60.7 Å². The third kappa shape index (κ3) is 4.72. The van der Waals surface area contributed by atoms with Gasteiger partial charge in [-0.1, -0.05) is 72.8 Å². The van der Waals surface area contributed by atoms with Crippen LogP contribution < -0.4 is 0 Å². The summed E-state index contributed by atoms with van der Waals surface area (Å²) in [4.78, 5) is 16.5. The number of rotatable bonds is 8. The van der Waals surface area contributed by atoms with Crippen LogP contribution in [-0.4, -0.2) is 30.9 Å². The number of nitrogens with zero attached hydrogens (tertiary/aromatic N) is 1. The lowest BCUT2D eigenvalue weighted by Crippen LogP contribution is -2.47. The predicted molar refractivity (Wildman–Crippen MR) is 114 cm³/mol. The summed E-state index contributed by atoms with van der Waals surface area (Å²) in [5, 5.41) is 0. The van der Waals surface area contributed by atoms with E-state index in [0.717, 1.165) is 24.3 Å². The molecule has 3 rings (SSSR count). The van der Waals surface area contributed by atoms with Crippen molar-refractivity contribution in [1.82, 2.24) is 0 Å². The molecule has 0 saturated heterocycles. The maximum atomic E-state index is 15.6. The van der Waals surface area contributed by atoms with Gasteiger partial charge in [-0.3, -0.25) is 4.99 Å². The minimum Gasteiger partial charge on any atom is -0.464 e. The van der Waals surface area contributed by atoms with Crippen molar-refractivity contribution in [3.05, 3.63) is 107 Å². The smallest absolute Gasteiger partial charge is 0.343 e. The molecule has 0 aromatic heterocycles. The number of benzene rings is 3. The van der Waals surface area contributed by atoms with Gasteiger partial charge >= 0.3 is 5.97 Å². The summed E-state index contributed by atoms with van der Waals surface area (Å²) in [5.41, 5.74) is -2.36. The fourth-order valence-electron chi connectivity index (χ4n) is 3.34. The quantitative estimate of drug-likeness (QED) is 0.254. The fourth-order valence-corrected chi connectivity index (χ4v) is 3.34. The van der Waals surface area contributed by atoms with Crippen molar-refractivity contribution in [1.29, 1.82) is 0 Å². The van der Waals surface area contributed by atoms with E-state index in [1.165, 1.54) is 6.92 Å². The van der Waals surface area contributed by atoms with E-state index in [2.05, 4.69) is 4.99 Å². The molecule has 2 atom stereocenters. The average molecular weight is 443 g/mol. The standard InChI is InChI=1S/C25H21F4NO2/c1-2-32-23(31)22(27)25(24(28)29,19-13-15-20(26)16-14-19)30-21(17-9-5-3-6-10-17)18-11-7-4-8-12-18/h3-16,22,24H,2H2,1H3. The van der Waals surface area contributed by atoms with E-state index in [9.17, 15) is 18.0 Å². The fraction of sp³-hybridized carbons (Fsp3) is 0.200. The number of hydrogen-bond donors (Lipinski definition) is 0. The molecule has 166 valence electrons. The van der Waals surface area contributed by atoms with Gasteiger partial charge in [-0.25, -0.2) is 22.4 Å². The molecule has 0 saturated carbocycles. The number of halogens is 4. The molecule has 0 N–H and O–H groups in total. The molecule has 3 aromatic carbocycles. The Bertz CT molecular complexity index is 1010. The number of carbonyl (C=O) groups excluding carboxylic acids is 1. The summed E-state index contributed by atoms with van der Waals surface area (Å²) in [6, 6.07) is 20.7. The molecule has 0 aliphatic carbocycles. The summed E-state index contributed by atoms with van der Waals surface area (Å²) < 4.78 is 63.3. The SMILES string of the molecule is CCOC(=O)C(F)C(N=C(c1ccccc1)c1ccccc1)(c1ccc(F)cc1)C(F)F. The minimum atomic E-state index is -3.45. The summed E-state index contributed by atoms with van der Waals surface area (Å²) in [6.45, 7) is 1.24. The highest BCUT2D eigenvalue weighted by Gasteiger charge is 2.54. The van der Waals surface area contributed by atoms with Crippen molar-refractivity contribution in [3.63, 3.8) is 0 Å². The lowest BCUT2D eigenvalue weighted by Gasteiger charge is -2.32. The molecule has 7 heteroatoms. The summed E-state index contributed by atoms with van der Waals surface area (Å²) in [6.07, 6.45) is -6.29. The Morgan fingerprint density at radius 2 is 1.38 bits per heavy atom. The lowest BCUT2D eigenvalue weighted by atomic mass is 9.84. The Morgan fingerprint density at radius 1 is 0.875 bits per heavy atom. The lowest BCUT2D eigenvalue weighted by molar-refractivity contribution is -0.155. The van der Waals surface area contributed by atoms with Crippen molar-refractivity contribution in [3.8, 4) is 0 Å². The number of aliphatic imine (C=N–C) groups is 1. The molecule has 0 fully saturated rings. The van der Waals surface area contributed by atoms with E-state index < -0.39 is 29.9 Å². The van der Waals surface area contributed by atoms with Gasteiger partial charge in [0.05, 0.1) is 12.3 Å². The van der Waals surface area contributed by atoms with Crippen LogP contribution in [0.15, 0.2) is 89.9 Å². The second-order valence-electron chi connectivity index (χ2n) is 6.94. The van der Waals surface area contributed by atoms with Crippen LogP contribution in [0.25, 0.3) is 0 Å². The van der Waals surface area contributed by atoms with E-state index in [0.29, 0.717) is 11.1 Å². The molecule has 32 heavy (non-hydrogen) atoms. The Kier molecular flexibility index (Phi) is 7.41. The normalized spacial score (nSPS) is 13.8. The van der Waals surface area contributed by atoms with Gasteiger partial charge in [0.1, 0.15) is 5.82 Å². The van der Waals surface area contributed by atoms with Gasteiger partial charge in [0.2, 0.25) is 6.17 Å². The Balaban J connectivity index is 2.34. The van der Waals surface area contributed by atoms with Gasteiger partial charge in [0.25, 0.3) is 6.43 Å².